The summed E-state index contributed by atoms with van der Waals surface area (Å²) in [6.45, 7) is 6.76. The van der Waals surface area contributed by atoms with Gasteiger partial charge in [0.2, 0.25) is 5.91 Å². The molecule has 116 valence electrons. The van der Waals surface area contributed by atoms with Gasteiger partial charge in [0, 0.05) is 25.2 Å². The number of hydrogen-bond donors (Lipinski definition) is 2. The second-order valence-corrected chi connectivity index (χ2v) is 5.88. The highest BCUT2D eigenvalue weighted by atomic mass is 16.1. The number of nitrogens with one attached hydrogen (secondary N) is 2. The maximum absolute atomic E-state index is 12.1. The van der Waals surface area contributed by atoms with Crippen LogP contribution in [0.15, 0.2) is 23.1 Å². The van der Waals surface area contributed by atoms with Crippen molar-refractivity contribution in [3.8, 4) is 0 Å². The number of pyridine rings is 1. The van der Waals surface area contributed by atoms with Gasteiger partial charge in [-0.1, -0.05) is 6.92 Å². The lowest BCUT2D eigenvalue weighted by Crippen LogP contribution is -2.34. The lowest BCUT2D eigenvalue weighted by molar-refractivity contribution is -0.117. The van der Waals surface area contributed by atoms with Gasteiger partial charge in [-0.2, -0.15) is 0 Å². The summed E-state index contributed by atoms with van der Waals surface area (Å²) in [6, 6.07) is 3.16. The maximum atomic E-state index is 12.1. The summed E-state index contributed by atoms with van der Waals surface area (Å²) in [7, 11) is 0. The molecule has 0 spiro atoms. The third-order valence-corrected chi connectivity index (χ3v) is 4.26. The van der Waals surface area contributed by atoms with E-state index >= 15 is 0 Å². The van der Waals surface area contributed by atoms with Crippen LogP contribution in [0.2, 0.25) is 0 Å². The zero-order valence-corrected chi connectivity index (χ0v) is 12.9. The monoisotopic (exact) mass is 291 g/mol. The van der Waals surface area contributed by atoms with Crippen molar-refractivity contribution in [1.29, 1.82) is 0 Å². The van der Waals surface area contributed by atoms with Gasteiger partial charge in [0.25, 0.3) is 5.56 Å². The summed E-state index contributed by atoms with van der Waals surface area (Å²) in [5.41, 5.74) is 0.646. The number of piperidine rings is 1. The molecule has 0 aromatic carbocycles. The van der Waals surface area contributed by atoms with Crippen LogP contribution in [0.1, 0.15) is 33.1 Å². The Balaban J connectivity index is 1.90. The highest BCUT2D eigenvalue weighted by Gasteiger charge is 2.22. The number of carbonyl (C=O) groups is 1. The molecule has 5 heteroatoms. The first-order valence-corrected chi connectivity index (χ1v) is 7.81. The minimum atomic E-state index is -0.0443. The number of aryl methyl sites for hydroxylation is 1. The summed E-state index contributed by atoms with van der Waals surface area (Å²) in [5, 5.41) is 6.28. The summed E-state index contributed by atoms with van der Waals surface area (Å²) in [6.07, 6.45) is 4.62. The fraction of sp³-hybridized carbons (Fsp3) is 0.625. The van der Waals surface area contributed by atoms with Gasteiger partial charge in [-0.25, -0.2) is 0 Å². The number of amides is 1. The Kier molecular flexibility index (Phi) is 5.56. The number of anilines is 1. The van der Waals surface area contributed by atoms with Gasteiger partial charge < -0.3 is 15.2 Å². The molecule has 0 radical (unpaired) electrons. The van der Waals surface area contributed by atoms with Crippen LogP contribution in [0.3, 0.4) is 0 Å². The quantitative estimate of drug-likeness (QED) is 0.870. The molecule has 1 saturated heterocycles. The molecule has 1 amide bonds. The van der Waals surface area contributed by atoms with Crippen molar-refractivity contribution in [1.82, 2.24) is 9.88 Å². The molecule has 1 aromatic rings. The average Bonchev–Trinajstić information content (AvgIpc) is 2.50. The van der Waals surface area contributed by atoms with Crippen LogP contribution in [0, 0.1) is 11.8 Å². The van der Waals surface area contributed by atoms with Crippen molar-refractivity contribution >= 4 is 11.6 Å². The Bertz CT molecular complexity index is 533. The van der Waals surface area contributed by atoms with Gasteiger partial charge in [-0.3, -0.25) is 9.59 Å². The van der Waals surface area contributed by atoms with Crippen LogP contribution in [-0.2, 0) is 11.3 Å². The standard InChI is InChI=1S/C16H25N3O2/c1-3-19-11-14(6-7-16(19)21)18-15(20)9-12(2)13-5-4-8-17-10-13/h6-7,11-13,17H,3-5,8-10H2,1-2H3,(H,18,20). The van der Waals surface area contributed by atoms with Crippen molar-refractivity contribution in [3.63, 3.8) is 0 Å². The summed E-state index contributed by atoms with van der Waals surface area (Å²) in [4.78, 5) is 23.6. The molecule has 0 saturated carbocycles. The minimum Gasteiger partial charge on any atom is -0.325 e. The fourth-order valence-electron chi connectivity index (χ4n) is 2.89. The molecule has 21 heavy (non-hydrogen) atoms. The van der Waals surface area contributed by atoms with Crippen molar-refractivity contribution in [2.45, 2.75) is 39.7 Å². The molecule has 1 fully saturated rings. The first kappa shape index (κ1) is 15.8. The van der Waals surface area contributed by atoms with Gasteiger partial charge in [-0.05, 0) is 50.8 Å². The highest BCUT2D eigenvalue weighted by Crippen LogP contribution is 2.22. The number of carbonyl (C=O) groups excluding carboxylic acids is 1. The second kappa shape index (κ2) is 7.41. The molecule has 1 aromatic heterocycles. The van der Waals surface area contributed by atoms with Gasteiger partial charge in [0.1, 0.15) is 0 Å². The second-order valence-electron chi connectivity index (χ2n) is 5.88. The zero-order valence-electron chi connectivity index (χ0n) is 12.9. The molecule has 0 bridgehead atoms. The van der Waals surface area contributed by atoms with E-state index in [9.17, 15) is 9.59 Å². The van der Waals surface area contributed by atoms with E-state index in [2.05, 4.69) is 17.6 Å². The Morgan fingerprint density at radius 2 is 2.33 bits per heavy atom. The first-order valence-electron chi connectivity index (χ1n) is 7.81. The third-order valence-electron chi connectivity index (χ3n) is 4.26. The zero-order chi connectivity index (χ0) is 15.2. The SMILES string of the molecule is CCn1cc(NC(=O)CC(C)C2CCCNC2)ccc1=O. The predicted octanol–water partition coefficient (Wildman–Crippen LogP) is 1.83. The van der Waals surface area contributed by atoms with Crippen molar-refractivity contribution < 1.29 is 4.79 Å². The van der Waals surface area contributed by atoms with Crippen LogP contribution in [0.4, 0.5) is 5.69 Å². The summed E-state index contributed by atoms with van der Waals surface area (Å²) < 4.78 is 1.59. The highest BCUT2D eigenvalue weighted by molar-refractivity contribution is 5.90. The van der Waals surface area contributed by atoms with E-state index in [1.807, 2.05) is 6.92 Å². The van der Waals surface area contributed by atoms with E-state index in [0.29, 0.717) is 30.5 Å². The number of nitrogens with zero attached hydrogens (tertiary/aromatic N) is 1. The van der Waals surface area contributed by atoms with Crippen molar-refractivity contribution in [3.05, 3.63) is 28.7 Å². The van der Waals surface area contributed by atoms with E-state index in [-0.39, 0.29) is 11.5 Å². The van der Waals surface area contributed by atoms with Crippen LogP contribution in [0.5, 0.6) is 0 Å². The van der Waals surface area contributed by atoms with Gasteiger partial charge in [-0.15, -0.1) is 0 Å². The smallest absolute Gasteiger partial charge is 0.250 e. The van der Waals surface area contributed by atoms with Crippen LogP contribution >= 0.6 is 0 Å². The Morgan fingerprint density at radius 3 is 3.00 bits per heavy atom. The largest absolute Gasteiger partial charge is 0.325 e. The normalized spacial score (nSPS) is 20.0. The first-order chi connectivity index (χ1) is 10.1. The molecule has 1 aliphatic heterocycles. The molecule has 2 N–H and O–H groups in total. The Labute approximate surface area is 125 Å². The van der Waals surface area contributed by atoms with Crippen molar-refractivity contribution in [2.24, 2.45) is 11.8 Å². The van der Waals surface area contributed by atoms with Crippen LogP contribution < -0.4 is 16.2 Å². The minimum absolute atomic E-state index is 0.0226. The average molecular weight is 291 g/mol. The number of rotatable bonds is 5. The molecule has 2 heterocycles. The van der Waals surface area contributed by atoms with Gasteiger partial charge >= 0.3 is 0 Å². The van der Waals surface area contributed by atoms with E-state index in [0.717, 1.165) is 13.1 Å². The lowest BCUT2D eigenvalue weighted by Gasteiger charge is -2.28. The molecule has 2 atom stereocenters. The van der Waals surface area contributed by atoms with E-state index in [1.54, 1.807) is 16.8 Å². The Hall–Kier alpha value is -1.62. The molecule has 0 aliphatic carbocycles. The van der Waals surface area contributed by atoms with E-state index < -0.39 is 0 Å². The van der Waals surface area contributed by atoms with Gasteiger partial charge in [0.15, 0.2) is 0 Å². The maximum Gasteiger partial charge on any atom is 0.250 e. The molecule has 2 unspecified atom stereocenters. The Morgan fingerprint density at radius 1 is 1.52 bits per heavy atom. The molecule has 2 rings (SSSR count). The van der Waals surface area contributed by atoms with E-state index in [1.165, 1.54) is 18.9 Å². The van der Waals surface area contributed by atoms with Crippen molar-refractivity contribution in [2.75, 3.05) is 18.4 Å². The molecule has 5 nitrogen and oxygen atoms in total. The predicted molar refractivity (Wildman–Crippen MR) is 84.4 cm³/mol. The summed E-state index contributed by atoms with van der Waals surface area (Å²) >= 11 is 0. The number of hydrogen-bond acceptors (Lipinski definition) is 3. The molecular weight excluding hydrogens is 266 g/mol. The fourth-order valence-corrected chi connectivity index (χ4v) is 2.89. The molecular formula is C16H25N3O2. The van der Waals surface area contributed by atoms with Gasteiger partial charge in [0.05, 0.1) is 5.69 Å². The summed E-state index contributed by atoms with van der Waals surface area (Å²) in [5.74, 6) is 0.971. The molecule has 1 aliphatic rings. The number of aromatic nitrogens is 1. The van der Waals surface area contributed by atoms with Crippen LogP contribution in [0.25, 0.3) is 0 Å². The third kappa shape index (κ3) is 4.43. The van der Waals surface area contributed by atoms with E-state index in [4.69, 9.17) is 0 Å². The topological polar surface area (TPSA) is 63.1 Å². The lowest BCUT2D eigenvalue weighted by atomic mass is 9.85. The van der Waals surface area contributed by atoms with Crippen LogP contribution in [-0.4, -0.2) is 23.6 Å².